The van der Waals surface area contributed by atoms with E-state index in [2.05, 4.69) is 15.9 Å². The van der Waals surface area contributed by atoms with Crippen LogP contribution < -0.4 is 4.90 Å². The van der Waals surface area contributed by atoms with Gasteiger partial charge in [0.15, 0.2) is 0 Å². The number of hydrogen-bond donors (Lipinski definition) is 1. The fourth-order valence-corrected chi connectivity index (χ4v) is 2.59. The number of anilines is 1. The fourth-order valence-electron chi connectivity index (χ4n) is 2.23. The molecule has 0 saturated carbocycles. The summed E-state index contributed by atoms with van der Waals surface area (Å²) in [7, 11) is 0. The van der Waals surface area contributed by atoms with E-state index in [1.807, 2.05) is 0 Å². The minimum Gasteiger partial charge on any atom is -0.508 e. The molecule has 100 valence electrons. The van der Waals surface area contributed by atoms with Gasteiger partial charge in [-0.15, -0.1) is 0 Å². The van der Waals surface area contributed by atoms with Gasteiger partial charge in [0.1, 0.15) is 5.75 Å². The summed E-state index contributed by atoms with van der Waals surface area (Å²) in [6, 6.07) is 9.65. The second-order valence-electron chi connectivity index (χ2n) is 4.61. The molecule has 2 amide bonds. The Morgan fingerprint density at radius 2 is 1.70 bits per heavy atom. The van der Waals surface area contributed by atoms with Crippen molar-refractivity contribution in [2.45, 2.75) is 6.92 Å². The van der Waals surface area contributed by atoms with Crippen molar-refractivity contribution in [1.29, 1.82) is 0 Å². The van der Waals surface area contributed by atoms with E-state index < -0.39 is 0 Å². The van der Waals surface area contributed by atoms with Crippen LogP contribution in [0.2, 0.25) is 0 Å². The molecule has 2 aromatic carbocycles. The number of hydrogen-bond acceptors (Lipinski definition) is 3. The van der Waals surface area contributed by atoms with Crippen molar-refractivity contribution in [3.05, 3.63) is 57.6 Å². The van der Waals surface area contributed by atoms with Crippen LogP contribution in [0.5, 0.6) is 5.75 Å². The van der Waals surface area contributed by atoms with Gasteiger partial charge in [0.25, 0.3) is 11.8 Å². The van der Waals surface area contributed by atoms with Crippen molar-refractivity contribution in [3.63, 3.8) is 0 Å². The smallest absolute Gasteiger partial charge is 0.266 e. The lowest BCUT2D eigenvalue weighted by Crippen LogP contribution is -2.29. The van der Waals surface area contributed by atoms with E-state index in [-0.39, 0.29) is 17.6 Å². The number of phenols is 1. The first kappa shape index (κ1) is 12.9. The summed E-state index contributed by atoms with van der Waals surface area (Å²) >= 11 is 3.29. The molecule has 1 aliphatic rings. The average Bonchev–Trinajstić information content (AvgIpc) is 2.65. The van der Waals surface area contributed by atoms with E-state index in [1.165, 1.54) is 6.07 Å². The van der Waals surface area contributed by atoms with Gasteiger partial charge in [0.05, 0.1) is 16.8 Å². The maximum atomic E-state index is 12.4. The molecule has 0 fully saturated rings. The van der Waals surface area contributed by atoms with Crippen LogP contribution >= 0.6 is 15.9 Å². The third kappa shape index (κ3) is 1.82. The first-order valence-corrected chi connectivity index (χ1v) is 6.76. The number of aryl methyl sites for hydroxylation is 1. The molecule has 0 aromatic heterocycles. The highest BCUT2D eigenvalue weighted by Gasteiger charge is 2.36. The summed E-state index contributed by atoms with van der Waals surface area (Å²) in [6.45, 7) is 1.72. The molecule has 4 nitrogen and oxygen atoms in total. The Kier molecular flexibility index (Phi) is 2.87. The number of halogens is 1. The number of benzene rings is 2. The van der Waals surface area contributed by atoms with Gasteiger partial charge in [-0.2, -0.15) is 0 Å². The molecule has 0 bridgehead atoms. The molecule has 0 unspecified atom stereocenters. The van der Waals surface area contributed by atoms with Crippen LogP contribution in [0.25, 0.3) is 0 Å². The van der Waals surface area contributed by atoms with Gasteiger partial charge in [-0.1, -0.05) is 15.9 Å². The highest BCUT2D eigenvalue weighted by molar-refractivity contribution is 9.10. The minimum absolute atomic E-state index is 0.133. The zero-order valence-corrected chi connectivity index (χ0v) is 12.1. The lowest BCUT2D eigenvalue weighted by Gasteiger charge is -2.14. The predicted molar refractivity (Wildman–Crippen MR) is 78.1 cm³/mol. The van der Waals surface area contributed by atoms with Crippen molar-refractivity contribution in [2.24, 2.45) is 0 Å². The van der Waals surface area contributed by atoms with Crippen LogP contribution in [-0.2, 0) is 0 Å². The normalized spacial score (nSPS) is 13.8. The fraction of sp³-hybridized carbons (Fsp3) is 0.0667. The topological polar surface area (TPSA) is 57.6 Å². The van der Waals surface area contributed by atoms with Crippen LogP contribution in [0, 0.1) is 6.92 Å². The molecule has 0 atom stereocenters. The van der Waals surface area contributed by atoms with Crippen molar-refractivity contribution < 1.29 is 14.7 Å². The number of carbonyl (C=O) groups is 2. The highest BCUT2D eigenvalue weighted by Crippen LogP contribution is 2.32. The van der Waals surface area contributed by atoms with Gasteiger partial charge < -0.3 is 5.11 Å². The Balaban J connectivity index is 2.11. The standard InChI is InChI=1S/C15H10BrNO3/c1-8-6-10(3-5-13(8)18)17-14(19)11-4-2-9(16)7-12(11)15(17)20/h2-7,18H,1H3. The molecule has 3 rings (SSSR count). The SMILES string of the molecule is Cc1cc(N2C(=O)c3ccc(Br)cc3C2=O)ccc1O. The lowest BCUT2D eigenvalue weighted by atomic mass is 10.1. The van der Waals surface area contributed by atoms with E-state index in [0.29, 0.717) is 22.4 Å². The second kappa shape index (κ2) is 4.45. The maximum absolute atomic E-state index is 12.4. The zero-order valence-electron chi connectivity index (χ0n) is 10.6. The van der Waals surface area contributed by atoms with Crippen molar-refractivity contribution >= 4 is 33.4 Å². The molecule has 0 saturated heterocycles. The van der Waals surface area contributed by atoms with Crippen molar-refractivity contribution in [2.75, 3.05) is 4.90 Å². The Morgan fingerprint density at radius 1 is 1.00 bits per heavy atom. The first-order valence-electron chi connectivity index (χ1n) is 5.97. The van der Waals surface area contributed by atoms with E-state index in [0.717, 1.165) is 9.37 Å². The molecule has 2 aromatic rings. The Bertz CT molecular complexity index is 755. The Hall–Kier alpha value is -2.14. The van der Waals surface area contributed by atoms with Gasteiger partial charge in [0.2, 0.25) is 0 Å². The number of carbonyl (C=O) groups excluding carboxylic acids is 2. The number of nitrogens with zero attached hydrogens (tertiary/aromatic N) is 1. The number of imide groups is 1. The largest absolute Gasteiger partial charge is 0.508 e. The number of fused-ring (bicyclic) bond motifs is 1. The number of rotatable bonds is 1. The number of aromatic hydroxyl groups is 1. The number of phenolic OH excluding ortho intramolecular Hbond substituents is 1. The van der Waals surface area contributed by atoms with Gasteiger partial charge in [-0.3, -0.25) is 9.59 Å². The third-order valence-electron chi connectivity index (χ3n) is 3.29. The molecular weight excluding hydrogens is 322 g/mol. The highest BCUT2D eigenvalue weighted by atomic mass is 79.9. The summed E-state index contributed by atoms with van der Waals surface area (Å²) in [4.78, 5) is 25.8. The summed E-state index contributed by atoms with van der Waals surface area (Å²) in [5.74, 6) is -0.563. The molecule has 20 heavy (non-hydrogen) atoms. The monoisotopic (exact) mass is 331 g/mol. The van der Waals surface area contributed by atoms with E-state index >= 15 is 0 Å². The lowest BCUT2D eigenvalue weighted by molar-refractivity contribution is 0.0926. The zero-order chi connectivity index (χ0) is 14.4. The van der Waals surface area contributed by atoms with E-state index in [4.69, 9.17) is 0 Å². The van der Waals surface area contributed by atoms with Gasteiger partial charge in [-0.25, -0.2) is 4.90 Å². The van der Waals surface area contributed by atoms with Crippen LogP contribution in [0.3, 0.4) is 0 Å². The Morgan fingerprint density at radius 3 is 2.40 bits per heavy atom. The maximum Gasteiger partial charge on any atom is 0.266 e. The van der Waals surface area contributed by atoms with Crippen LogP contribution in [0.1, 0.15) is 26.3 Å². The molecule has 1 heterocycles. The van der Waals surface area contributed by atoms with Crippen LogP contribution in [0.15, 0.2) is 40.9 Å². The molecule has 5 heteroatoms. The van der Waals surface area contributed by atoms with Crippen molar-refractivity contribution in [1.82, 2.24) is 0 Å². The third-order valence-corrected chi connectivity index (χ3v) is 3.78. The molecular formula is C15H10BrNO3. The second-order valence-corrected chi connectivity index (χ2v) is 5.52. The van der Waals surface area contributed by atoms with Crippen LogP contribution in [-0.4, -0.2) is 16.9 Å². The van der Waals surface area contributed by atoms with Crippen LogP contribution in [0.4, 0.5) is 5.69 Å². The van der Waals surface area contributed by atoms with Gasteiger partial charge >= 0.3 is 0 Å². The van der Waals surface area contributed by atoms with Crippen molar-refractivity contribution in [3.8, 4) is 5.75 Å². The number of amides is 2. The van der Waals surface area contributed by atoms with E-state index in [9.17, 15) is 14.7 Å². The molecule has 0 spiro atoms. The molecule has 1 aliphatic heterocycles. The quantitative estimate of drug-likeness (QED) is 0.816. The van der Waals surface area contributed by atoms with Gasteiger partial charge in [0, 0.05) is 4.47 Å². The Labute approximate surface area is 123 Å². The summed E-state index contributed by atoms with van der Waals surface area (Å²) in [6.07, 6.45) is 0. The molecule has 0 aliphatic carbocycles. The van der Waals surface area contributed by atoms with Gasteiger partial charge in [-0.05, 0) is 48.9 Å². The predicted octanol–water partition coefficient (Wildman–Crippen LogP) is 3.26. The minimum atomic E-state index is -0.351. The van der Waals surface area contributed by atoms with E-state index in [1.54, 1.807) is 37.3 Å². The first-order chi connectivity index (χ1) is 9.49. The summed E-state index contributed by atoms with van der Waals surface area (Å²) in [5.41, 5.74) is 1.85. The molecule has 1 N–H and O–H groups in total. The summed E-state index contributed by atoms with van der Waals surface area (Å²) in [5, 5.41) is 9.53. The summed E-state index contributed by atoms with van der Waals surface area (Å²) < 4.78 is 0.751. The average molecular weight is 332 g/mol. The molecule has 0 radical (unpaired) electrons.